The van der Waals surface area contributed by atoms with Crippen molar-refractivity contribution in [3.8, 4) is 0 Å². The van der Waals surface area contributed by atoms with Crippen LogP contribution in [-0.4, -0.2) is 21.7 Å². The van der Waals surface area contributed by atoms with Crippen LogP contribution < -0.4 is 5.73 Å². The Balaban J connectivity index is 2.82. The standard InChI is InChI=1S/C8H13N3O/c1-8(9,2-5-12)7-6-10-3-4-11-7/h3-4,6,12H,2,5,9H2,1H3/t8-/m1/s1. The highest BCUT2D eigenvalue weighted by molar-refractivity contribution is 5.08. The van der Waals surface area contributed by atoms with E-state index in [2.05, 4.69) is 9.97 Å². The highest BCUT2D eigenvalue weighted by atomic mass is 16.3. The quantitative estimate of drug-likeness (QED) is 0.666. The molecular weight excluding hydrogens is 154 g/mol. The van der Waals surface area contributed by atoms with Gasteiger partial charge in [0.1, 0.15) is 0 Å². The molecule has 1 aromatic heterocycles. The first-order valence-corrected chi connectivity index (χ1v) is 3.83. The molecule has 0 aliphatic carbocycles. The molecule has 1 rings (SSSR count). The predicted octanol–water partition coefficient (Wildman–Crippen LogP) is 0.0329. The van der Waals surface area contributed by atoms with Crippen LogP contribution in [0.3, 0.4) is 0 Å². The summed E-state index contributed by atoms with van der Waals surface area (Å²) in [7, 11) is 0. The topological polar surface area (TPSA) is 72.0 Å². The molecule has 66 valence electrons. The van der Waals surface area contributed by atoms with Crippen LogP contribution in [0.25, 0.3) is 0 Å². The first-order valence-electron chi connectivity index (χ1n) is 3.83. The van der Waals surface area contributed by atoms with E-state index in [-0.39, 0.29) is 6.61 Å². The van der Waals surface area contributed by atoms with E-state index in [0.29, 0.717) is 12.1 Å². The summed E-state index contributed by atoms with van der Waals surface area (Å²) >= 11 is 0. The molecule has 0 spiro atoms. The van der Waals surface area contributed by atoms with Crippen LogP contribution in [0.5, 0.6) is 0 Å². The Morgan fingerprint density at radius 3 is 2.83 bits per heavy atom. The van der Waals surface area contributed by atoms with Gasteiger partial charge in [0, 0.05) is 19.0 Å². The van der Waals surface area contributed by atoms with E-state index in [1.165, 1.54) is 0 Å². The van der Waals surface area contributed by atoms with Gasteiger partial charge in [-0.2, -0.15) is 0 Å². The van der Waals surface area contributed by atoms with Gasteiger partial charge in [-0.25, -0.2) is 0 Å². The van der Waals surface area contributed by atoms with Gasteiger partial charge < -0.3 is 10.8 Å². The molecule has 0 aliphatic heterocycles. The normalized spacial score (nSPS) is 15.6. The molecule has 0 saturated carbocycles. The van der Waals surface area contributed by atoms with E-state index in [1.54, 1.807) is 18.6 Å². The molecule has 0 aliphatic rings. The third kappa shape index (κ3) is 1.99. The molecule has 4 nitrogen and oxygen atoms in total. The summed E-state index contributed by atoms with van der Waals surface area (Å²) in [6.07, 6.45) is 5.30. The van der Waals surface area contributed by atoms with Crippen LogP contribution in [0.15, 0.2) is 18.6 Å². The predicted molar refractivity (Wildman–Crippen MR) is 45.3 cm³/mol. The fourth-order valence-corrected chi connectivity index (χ4v) is 0.954. The van der Waals surface area contributed by atoms with Crippen molar-refractivity contribution in [3.63, 3.8) is 0 Å². The van der Waals surface area contributed by atoms with Crippen molar-refractivity contribution in [1.82, 2.24) is 9.97 Å². The molecule has 1 atom stereocenters. The summed E-state index contributed by atoms with van der Waals surface area (Å²) in [6.45, 7) is 1.89. The Hall–Kier alpha value is -1.00. The van der Waals surface area contributed by atoms with Gasteiger partial charge in [-0.3, -0.25) is 9.97 Å². The molecule has 0 bridgehead atoms. The Bertz CT molecular complexity index is 235. The summed E-state index contributed by atoms with van der Waals surface area (Å²) in [5, 5.41) is 8.74. The number of hydrogen-bond acceptors (Lipinski definition) is 4. The fourth-order valence-electron chi connectivity index (χ4n) is 0.954. The maximum Gasteiger partial charge on any atom is 0.0783 e. The molecule has 1 aromatic rings. The minimum absolute atomic E-state index is 0.0591. The summed E-state index contributed by atoms with van der Waals surface area (Å²) in [5.41, 5.74) is 6.01. The van der Waals surface area contributed by atoms with Gasteiger partial charge in [0.05, 0.1) is 17.4 Å². The first-order chi connectivity index (χ1) is 5.67. The van der Waals surface area contributed by atoms with E-state index in [1.807, 2.05) is 6.92 Å². The third-order valence-corrected chi connectivity index (χ3v) is 1.78. The second kappa shape index (κ2) is 3.60. The van der Waals surface area contributed by atoms with Crippen molar-refractivity contribution in [2.75, 3.05) is 6.61 Å². The van der Waals surface area contributed by atoms with Crippen molar-refractivity contribution in [2.45, 2.75) is 18.9 Å². The molecule has 0 radical (unpaired) electrons. The molecule has 0 amide bonds. The molecule has 0 aromatic carbocycles. The average molecular weight is 167 g/mol. The molecular formula is C8H13N3O. The monoisotopic (exact) mass is 167 g/mol. The minimum atomic E-state index is -0.580. The molecule has 3 N–H and O–H groups in total. The van der Waals surface area contributed by atoms with E-state index < -0.39 is 5.54 Å². The fraction of sp³-hybridized carbons (Fsp3) is 0.500. The SMILES string of the molecule is C[C@@](N)(CCO)c1cnccn1. The van der Waals surface area contributed by atoms with Gasteiger partial charge in [-0.1, -0.05) is 0 Å². The van der Waals surface area contributed by atoms with Crippen LogP contribution in [-0.2, 0) is 5.54 Å². The van der Waals surface area contributed by atoms with E-state index in [9.17, 15) is 0 Å². The van der Waals surface area contributed by atoms with Gasteiger partial charge in [-0.15, -0.1) is 0 Å². The average Bonchev–Trinajstić information content (AvgIpc) is 2.06. The lowest BCUT2D eigenvalue weighted by Crippen LogP contribution is -2.35. The summed E-state index contributed by atoms with van der Waals surface area (Å²) < 4.78 is 0. The van der Waals surface area contributed by atoms with Crippen LogP contribution in [0.1, 0.15) is 19.0 Å². The van der Waals surface area contributed by atoms with Crippen LogP contribution >= 0.6 is 0 Å². The Labute approximate surface area is 71.5 Å². The second-order valence-corrected chi connectivity index (χ2v) is 2.98. The summed E-state index contributed by atoms with van der Waals surface area (Å²) in [5.74, 6) is 0. The molecule has 4 heteroatoms. The zero-order valence-corrected chi connectivity index (χ0v) is 7.07. The van der Waals surface area contributed by atoms with E-state index >= 15 is 0 Å². The van der Waals surface area contributed by atoms with Gasteiger partial charge in [0.25, 0.3) is 0 Å². The second-order valence-electron chi connectivity index (χ2n) is 2.98. The lowest BCUT2D eigenvalue weighted by Gasteiger charge is -2.21. The van der Waals surface area contributed by atoms with E-state index in [0.717, 1.165) is 0 Å². The summed E-state index contributed by atoms with van der Waals surface area (Å²) in [6, 6.07) is 0. The maximum atomic E-state index is 8.74. The number of rotatable bonds is 3. The van der Waals surface area contributed by atoms with Gasteiger partial charge in [0.15, 0.2) is 0 Å². The minimum Gasteiger partial charge on any atom is -0.396 e. The molecule has 0 unspecified atom stereocenters. The van der Waals surface area contributed by atoms with Crippen molar-refractivity contribution >= 4 is 0 Å². The van der Waals surface area contributed by atoms with Crippen molar-refractivity contribution < 1.29 is 5.11 Å². The maximum absolute atomic E-state index is 8.74. The van der Waals surface area contributed by atoms with Gasteiger partial charge in [0.2, 0.25) is 0 Å². The molecule has 12 heavy (non-hydrogen) atoms. The van der Waals surface area contributed by atoms with Crippen molar-refractivity contribution in [2.24, 2.45) is 5.73 Å². The molecule has 1 heterocycles. The highest BCUT2D eigenvalue weighted by Gasteiger charge is 2.21. The Morgan fingerprint density at radius 1 is 1.58 bits per heavy atom. The van der Waals surface area contributed by atoms with Crippen LogP contribution in [0, 0.1) is 0 Å². The van der Waals surface area contributed by atoms with E-state index in [4.69, 9.17) is 10.8 Å². The Morgan fingerprint density at radius 2 is 2.33 bits per heavy atom. The number of aliphatic hydroxyl groups is 1. The van der Waals surface area contributed by atoms with Gasteiger partial charge in [-0.05, 0) is 13.3 Å². The largest absolute Gasteiger partial charge is 0.396 e. The third-order valence-electron chi connectivity index (χ3n) is 1.78. The van der Waals surface area contributed by atoms with Gasteiger partial charge >= 0.3 is 0 Å². The van der Waals surface area contributed by atoms with Crippen LogP contribution in [0.2, 0.25) is 0 Å². The zero-order chi connectivity index (χ0) is 9.03. The highest BCUT2D eigenvalue weighted by Crippen LogP contribution is 2.17. The first kappa shape index (κ1) is 9.09. The lowest BCUT2D eigenvalue weighted by molar-refractivity contribution is 0.245. The number of nitrogens with zero attached hydrogens (tertiary/aromatic N) is 2. The number of hydrogen-bond donors (Lipinski definition) is 2. The number of aliphatic hydroxyl groups excluding tert-OH is 1. The molecule has 0 saturated heterocycles. The smallest absolute Gasteiger partial charge is 0.0783 e. The summed E-state index contributed by atoms with van der Waals surface area (Å²) in [4.78, 5) is 7.98. The zero-order valence-electron chi connectivity index (χ0n) is 7.07. The number of aromatic nitrogens is 2. The molecule has 0 fully saturated rings. The Kier molecular flexibility index (Phi) is 2.73. The van der Waals surface area contributed by atoms with Crippen molar-refractivity contribution in [1.29, 1.82) is 0 Å². The van der Waals surface area contributed by atoms with Crippen LogP contribution in [0.4, 0.5) is 0 Å². The lowest BCUT2D eigenvalue weighted by atomic mass is 9.96. The number of nitrogens with two attached hydrogens (primary N) is 1. The van der Waals surface area contributed by atoms with Crippen molar-refractivity contribution in [3.05, 3.63) is 24.3 Å².